The van der Waals surface area contributed by atoms with Crippen LogP contribution < -0.4 is 21.9 Å². The maximum atomic E-state index is 13.2. The first-order valence-corrected chi connectivity index (χ1v) is 11.1. The minimum absolute atomic E-state index is 0.00220. The first-order chi connectivity index (χ1) is 15.0. The van der Waals surface area contributed by atoms with Gasteiger partial charge in [0.2, 0.25) is 0 Å². The Hall–Kier alpha value is -3.39. The van der Waals surface area contributed by atoms with Crippen LogP contribution in [0, 0.1) is 0 Å². The van der Waals surface area contributed by atoms with Crippen molar-refractivity contribution in [3.05, 3.63) is 85.2 Å². The molecule has 0 saturated heterocycles. The zero-order valence-corrected chi connectivity index (χ0v) is 17.8. The third kappa shape index (κ3) is 4.54. The third-order valence-corrected chi connectivity index (χ3v) is 6.34. The summed E-state index contributed by atoms with van der Waals surface area (Å²) < 4.78 is 1.31. The largest absolute Gasteiger partial charge is 0.383 e. The van der Waals surface area contributed by atoms with Crippen LogP contribution in [0.5, 0.6) is 0 Å². The number of amides is 1. The van der Waals surface area contributed by atoms with Gasteiger partial charge in [0.05, 0.1) is 6.54 Å². The minimum Gasteiger partial charge on any atom is -0.383 e. The number of benzene rings is 1. The number of nitrogens with one attached hydrogen (secondary N) is 1. The van der Waals surface area contributed by atoms with E-state index in [9.17, 15) is 14.4 Å². The van der Waals surface area contributed by atoms with Gasteiger partial charge in [-0.05, 0) is 35.9 Å². The molecule has 1 fully saturated rings. The number of nitrogens with zero attached hydrogens (tertiary/aromatic N) is 2. The lowest BCUT2D eigenvalue weighted by atomic mass is 10.1. The summed E-state index contributed by atoms with van der Waals surface area (Å²) in [6, 6.07) is 13.1. The Balaban J connectivity index is 1.77. The highest BCUT2D eigenvalue weighted by Crippen LogP contribution is 2.30. The molecule has 1 aliphatic carbocycles. The second-order valence-electron chi connectivity index (χ2n) is 7.56. The number of hydrogen-bond acceptors (Lipinski definition) is 5. The molecule has 3 N–H and O–H groups in total. The molecule has 0 spiro atoms. The number of carbonyl (C=O) groups is 1. The second-order valence-corrected chi connectivity index (χ2v) is 8.54. The summed E-state index contributed by atoms with van der Waals surface area (Å²) in [5.41, 5.74) is 6.03. The van der Waals surface area contributed by atoms with Gasteiger partial charge in [0.15, 0.2) is 5.69 Å². The number of H-pyrrole nitrogens is 1. The summed E-state index contributed by atoms with van der Waals surface area (Å²) in [4.78, 5) is 43.4. The number of nitrogen functional groups attached to an aromatic ring is 1. The van der Waals surface area contributed by atoms with Gasteiger partial charge in [-0.25, -0.2) is 4.79 Å². The van der Waals surface area contributed by atoms with Crippen LogP contribution in [0.3, 0.4) is 0 Å². The quantitative estimate of drug-likeness (QED) is 0.579. The summed E-state index contributed by atoms with van der Waals surface area (Å²) in [5.74, 6) is -0.315. The van der Waals surface area contributed by atoms with Crippen LogP contribution in [0.15, 0.2) is 63.5 Å². The molecule has 0 atom stereocenters. The van der Waals surface area contributed by atoms with Crippen LogP contribution in [0.1, 0.15) is 36.1 Å². The molecule has 4 rings (SSSR count). The van der Waals surface area contributed by atoms with Crippen molar-refractivity contribution in [1.29, 1.82) is 0 Å². The fraction of sp³-hybridized carbons (Fsp3) is 0.261. The molecule has 1 saturated carbocycles. The Morgan fingerprint density at radius 3 is 2.58 bits per heavy atom. The van der Waals surface area contributed by atoms with Crippen molar-refractivity contribution in [3.63, 3.8) is 0 Å². The molecule has 7 nitrogen and oxygen atoms in total. The molecule has 1 aromatic carbocycles. The number of hydrogen-bond donors (Lipinski definition) is 2. The van der Waals surface area contributed by atoms with Crippen molar-refractivity contribution < 1.29 is 4.79 Å². The smallest absolute Gasteiger partial charge is 0.330 e. The van der Waals surface area contributed by atoms with Crippen molar-refractivity contribution >= 4 is 34.8 Å². The fourth-order valence-electron chi connectivity index (χ4n) is 3.99. The number of anilines is 2. The molecule has 8 heteroatoms. The van der Waals surface area contributed by atoms with E-state index in [0.29, 0.717) is 0 Å². The normalized spacial score (nSPS) is 14.3. The minimum atomic E-state index is -0.642. The van der Waals surface area contributed by atoms with E-state index >= 15 is 0 Å². The van der Waals surface area contributed by atoms with Gasteiger partial charge in [-0.1, -0.05) is 49.2 Å². The highest BCUT2D eigenvalue weighted by Gasteiger charge is 2.31. The van der Waals surface area contributed by atoms with E-state index in [2.05, 4.69) is 4.98 Å². The van der Waals surface area contributed by atoms with Crippen molar-refractivity contribution in [2.75, 3.05) is 10.6 Å². The monoisotopic (exact) mass is 436 g/mol. The molecular formula is C23H24N4O3S. The molecule has 31 heavy (non-hydrogen) atoms. The SMILES string of the molecule is Nc1c(N(C(=O)/C=C/c2cccs2)C2CCCC2)c(=O)[nH]c(=O)n1Cc1ccccc1. The van der Waals surface area contributed by atoms with Crippen LogP contribution in [0.25, 0.3) is 6.08 Å². The summed E-state index contributed by atoms with van der Waals surface area (Å²) >= 11 is 1.52. The first-order valence-electron chi connectivity index (χ1n) is 10.3. The summed E-state index contributed by atoms with van der Waals surface area (Å²) in [5, 5.41) is 1.93. The van der Waals surface area contributed by atoms with E-state index in [4.69, 9.17) is 5.73 Å². The molecular weight excluding hydrogens is 412 g/mol. The Labute approximate surface area is 183 Å². The van der Waals surface area contributed by atoms with Gasteiger partial charge in [-0.2, -0.15) is 0 Å². The van der Waals surface area contributed by atoms with Crippen molar-refractivity contribution in [2.45, 2.75) is 38.3 Å². The first kappa shape index (κ1) is 20.9. The van der Waals surface area contributed by atoms with Crippen molar-refractivity contribution in [3.8, 4) is 0 Å². The van der Waals surface area contributed by atoms with Gasteiger partial charge in [-0.3, -0.25) is 24.0 Å². The van der Waals surface area contributed by atoms with Crippen LogP contribution in [-0.2, 0) is 11.3 Å². The van der Waals surface area contributed by atoms with Crippen molar-refractivity contribution in [1.82, 2.24) is 9.55 Å². The summed E-state index contributed by atoms with van der Waals surface area (Å²) in [6.07, 6.45) is 6.73. The van der Waals surface area contributed by atoms with E-state index in [1.807, 2.05) is 47.8 Å². The number of rotatable bonds is 6. The standard InChI is InChI=1S/C23H24N4O3S/c24-21-20(22(29)25-23(30)26(21)15-16-7-2-1-3-8-16)27(17-9-4-5-10-17)19(28)13-12-18-11-6-14-31-18/h1-3,6-8,11-14,17H,4-5,9-10,15,24H2,(H,25,29,30)/b13-12+. The average Bonchev–Trinajstić information content (AvgIpc) is 3.47. The molecule has 0 bridgehead atoms. The van der Waals surface area contributed by atoms with E-state index in [1.54, 1.807) is 6.08 Å². The zero-order valence-electron chi connectivity index (χ0n) is 17.0. The Morgan fingerprint density at radius 1 is 1.16 bits per heavy atom. The predicted octanol–water partition coefficient (Wildman–Crippen LogP) is 3.22. The van der Waals surface area contributed by atoms with Crippen LogP contribution in [-0.4, -0.2) is 21.5 Å². The molecule has 0 aliphatic heterocycles. The molecule has 2 heterocycles. The Bertz CT molecular complexity index is 1190. The van der Waals surface area contributed by atoms with Gasteiger partial charge in [0.25, 0.3) is 11.5 Å². The average molecular weight is 437 g/mol. The van der Waals surface area contributed by atoms with Gasteiger partial charge in [0, 0.05) is 17.0 Å². The van der Waals surface area contributed by atoms with Gasteiger partial charge < -0.3 is 5.73 Å². The van der Waals surface area contributed by atoms with Gasteiger partial charge in [0.1, 0.15) is 5.82 Å². The molecule has 1 aliphatic rings. The van der Waals surface area contributed by atoms with Crippen LogP contribution in [0.4, 0.5) is 11.5 Å². The van der Waals surface area contributed by atoms with Gasteiger partial charge in [-0.15, -0.1) is 11.3 Å². The lowest BCUT2D eigenvalue weighted by Gasteiger charge is -2.29. The zero-order chi connectivity index (χ0) is 21.8. The highest BCUT2D eigenvalue weighted by molar-refractivity contribution is 7.10. The van der Waals surface area contributed by atoms with E-state index in [0.717, 1.165) is 36.1 Å². The molecule has 2 aromatic heterocycles. The highest BCUT2D eigenvalue weighted by atomic mass is 32.1. The number of nitrogens with two attached hydrogens (primary N) is 1. The number of aromatic nitrogens is 2. The Kier molecular flexibility index (Phi) is 6.18. The van der Waals surface area contributed by atoms with Gasteiger partial charge >= 0.3 is 5.69 Å². The van der Waals surface area contributed by atoms with E-state index in [-0.39, 0.29) is 30.0 Å². The lowest BCUT2D eigenvalue weighted by molar-refractivity contribution is -0.114. The predicted molar refractivity (Wildman–Crippen MR) is 124 cm³/mol. The number of aromatic amines is 1. The fourth-order valence-corrected chi connectivity index (χ4v) is 4.61. The van der Waals surface area contributed by atoms with E-state index in [1.165, 1.54) is 26.9 Å². The molecule has 160 valence electrons. The summed E-state index contributed by atoms with van der Waals surface area (Å²) in [6.45, 7) is 0.201. The van der Waals surface area contributed by atoms with E-state index < -0.39 is 11.2 Å². The van der Waals surface area contributed by atoms with Crippen molar-refractivity contribution in [2.24, 2.45) is 0 Å². The molecule has 0 unspecified atom stereocenters. The maximum Gasteiger partial charge on any atom is 0.330 e. The molecule has 1 amide bonds. The second kappa shape index (κ2) is 9.18. The molecule has 3 aromatic rings. The lowest BCUT2D eigenvalue weighted by Crippen LogP contribution is -2.45. The third-order valence-electron chi connectivity index (χ3n) is 5.50. The Morgan fingerprint density at radius 2 is 1.90 bits per heavy atom. The summed E-state index contributed by atoms with van der Waals surface area (Å²) in [7, 11) is 0. The van der Waals surface area contributed by atoms with Crippen LogP contribution >= 0.6 is 11.3 Å². The maximum absolute atomic E-state index is 13.2. The molecule has 0 radical (unpaired) electrons. The van der Waals surface area contributed by atoms with Crippen LogP contribution in [0.2, 0.25) is 0 Å². The number of thiophene rings is 1. The topological polar surface area (TPSA) is 101 Å². The number of carbonyl (C=O) groups excluding carboxylic acids is 1.